The fraction of sp³-hybridized carbons (Fsp3) is 0.655. The second kappa shape index (κ2) is 18.9. The van der Waals surface area contributed by atoms with E-state index in [2.05, 4.69) is 46.7 Å². The Hall–Kier alpha value is -2.29. The molecule has 2 aliphatic rings. The highest BCUT2D eigenvalue weighted by Gasteiger charge is 2.22. The Bertz CT molecular complexity index is 847. The van der Waals surface area contributed by atoms with Gasteiger partial charge < -0.3 is 21.1 Å². The number of benzene rings is 1. The van der Waals surface area contributed by atoms with Crippen LogP contribution in [0.15, 0.2) is 40.6 Å². The van der Waals surface area contributed by atoms with E-state index in [-0.39, 0.29) is 11.9 Å². The summed E-state index contributed by atoms with van der Waals surface area (Å²) < 4.78 is 18.5. The topological polar surface area (TPSA) is 87.3 Å². The molecule has 0 radical (unpaired) electrons. The van der Waals surface area contributed by atoms with Crippen molar-refractivity contribution < 1.29 is 9.13 Å². The van der Waals surface area contributed by atoms with Gasteiger partial charge in [-0.05, 0) is 90.2 Å². The van der Waals surface area contributed by atoms with Crippen LogP contribution in [0, 0.1) is 12.7 Å². The Morgan fingerprint density at radius 3 is 2.57 bits per heavy atom. The number of nitrogens with one attached hydrogen (secondary N) is 2. The standard InChI is InChI=1S/C18H33N5O.C10H13F.CH5N/c1-5-23-10-6-9-17(23)12-19-15(4)21-18(20-14(2)3)22-16-8-7-11-24-13-16;1-3-4-9-6-5-8(2)7-10(9)11;1-2/h16-17,19H,4-13H2,1-3H3,(H,21,22);5-7H,3-4H2,1-2H3;2H2,1H3. The monoisotopic (exact) mass is 518 g/mol. The van der Waals surface area contributed by atoms with Crippen LogP contribution in [-0.2, 0) is 11.2 Å². The molecule has 2 fully saturated rings. The molecule has 2 heterocycles. The van der Waals surface area contributed by atoms with Gasteiger partial charge in [0, 0.05) is 24.9 Å². The predicted octanol–water partition coefficient (Wildman–Crippen LogP) is 4.80. The number of hydrogen-bond acceptors (Lipinski definition) is 5. The molecule has 2 atom stereocenters. The first kappa shape index (κ1) is 32.7. The molecule has 0 amide bonds. The van der Waals surface area contributed by atoms with Crippen molar-refractivity contribution in [2.24, 2.45) is 15.7 Å². The molecule has 0 spiro atoms. The third-order valence-corrected chi connectivity index (χ3v) is 6.22. The third kappa shape index (κ3) is 13.2. The molecular formula is C29H51FN6O. The molecule has 0 aliphatic carbocycles. The summed E-state index contributed by atoms with van der Waals surface area (Å²) in [6.45, 7) is 19.0. The van der Waals surface area contributed by atoms with E-state index in [0.717, 1.165) is 68.0 Å². The van der Waals surface area contributed by atoms with Crippen LogP contribution in [0.2, 0.25) is 0 Å². The molecule has 2 unspecified atom stereocenters. The average molecular weight is 519 g/mol. The van der Waals surface area contributed by atoms with E-state index >= 15 is 0 Å². The predicted molar refractivity (Wildman–Crippen MR) is 156 cm³/mol. The van der Waals surface area contributed by atoms with Gasteiger partial charge in [0.05, 0.1) is 18.5 Å². The summed E-state index contributed by atoms with van der Waals surface area (Å²) in [5.41, 5.74) is 7.29. The maximum absolute atomic E-state index is 13.0. The fourth-order valence-electron chi connectivity index (χ4n) is 4.39. The Kier molecular flexibility index (Phi) is 16.7. The third-order valence-electron chi connectivity index (χ3n) is 6.22. The van der Waals surface area contributed by atoms with Crippen LogP contribution in [0.5, 0.6) is 0 Å². The van der Waals surface area contributed by atoms with E-state index in [4.69, 9.17) is 9.73 Å². The first-order chi connectivity index (χ1) is 17.8. The van der Waals surface area contributed by atoms with Gasteiger partial charge in [0.1, 0.15) is 5.82 Å². The normalized spacial score (nSPS) is 19.6. The maximum atomic E-state index is 13.0. The highest BCUT2D eigenvalue weighted by atomic mass is 19.1. The highest BCUT2D eigenvalue weighted by Crippen LogP contribution is 2.16. The van der Waals surface area contributed by atoms with E-state index in [1.54, 1.807) is 6.07 Å². The van der Waals surface area contributed by atoms with E-state index in [1.807, 2.05) is 32.9 Å². The summed E-state index contributed by atoms with van der Waals surface area (Å²) in [5, 5.41) is 6.64. The zero-order valence-corrected chi connectivity index (χ0v) is 24.1. The summed E-state index contributed by atoms with van der Waals surface area (Å²) in [6.07, 6.45) is 6.49. The second-order valence-electron chi connectivity index (χ2n) is 9.64. The molecule has 0 aromatic heterocycles. The Morgan fingerprint density at radius 1 is 1.22 bits per heavy atom. The van der Waals surface area contributed by atoms with Crippen molar-refractivity contribution in [1.29, 1.82) is 0 Å². The van der Waals surface area contributed by atoms with E-state index < -0.39 is 0 Å². The minimum absolute atomic E-state index is 0.0631. The number of nitrogens with two attached hydrogens (primary N) is 1. The van der Waals surface area contributed by atoms with Crippen LogP contribution in [0.3, 0.4) is 0 Å². The molecular weight excluding hydrogens is 467 g/mol. The number of guanidine groups is 1. The lowest BCUT2D eigenvalue weighted by atomic mass is 10.1. The van der Waals surface area contributed by atoms with Crippen LogP contribution >= 0.6 is 0 Å². The van der Waals surface area contributed by atoms with Gasteiger partial charge in [-0.15, -0.1) is 0 Å². The molecule has 0 bridgehead atoms. The Labute approximate surface area is 224 Å². The van der Waals surface area contributed by atoms with Crippen LogP contribution in [0.25, 0.3) is 0 Å². The summed E-state index contributed by atoms with van der Waals surface area (Å²) in [4.78, 5) is 11.7. The zero-order chi connectivity index (χ0) is 27.6. The van der Waals surface area contributed by atoms with Crippen molar-refractivity contribution in [2.75, 3.05) is 39.9 Å². The van der Waals surface area contributed by atoms with Crippen LogP contribution in [-0.4, -0.2) is 68.6 Å². The van der Waals surface area contributed by atoms with Gasteiger partial charge in [0.15, 0.2) is 0 Å². The number of hydrogen-bond donors (Lipinski definition) is 3. The highest BCUT2D eigenvalue weighted by molar-refractivity contribution is 5.95. The van der Waals surface area contributed by atoms with Crippen molar-refractivity contribution in [2.45, 2.75) is 85.2 Å². The number of aryl methyl sites for hydroxylation is 2. The molecule has 3 rings (SSSR count). The van der Waals surface area contributed by atoms with Crippen LogP contribution in [0.1, 0.15) is 70.9 Å². The number of nitrogens with zero attached hydrogens (tertiary/aromatic N) is 3. The molecule has 4 N–H and O–H groups in total. The first-order valence-electron chi connectivity index (χ1n) is 13.8. The maximum Gasteiger partial charge on any atom is 0.223 e. The largest absolute Gasteiger partial charge is 0.379 e. The molecule has 2 aliphatic heterocycles. The Balaban J connectivity index is 0.000000439. The number of aliphatic imine (C=N–C) groups is 2. The average Bonchev–Trinajstić information content (AvgIpc) is 3.34. The number of likely N-dealkylation sites (tertiary alicyclic amines) is 1. The minimum Gasteiger partial charge on any atom is -0.379 e. The lowest BCUT2D eigenvalue weighted by Gasteiger charge is -2.24. The molecule has 0 saturated carbocycles. The van der Waals surface area contributed by atoms with E-state index in [9.17, 15) is 4.39 Å². The summed E-state index contributed by atoms with van der Waals surface area (Å²) in [5.74, 6) is 1.33. The number of likely N-dealkylation sites (N-methyl/N-ethyl adjacent to an activating group) is 1. The number of ether oxygens (including phenoxy) is 1. The quantitative estimate of drug-likeness (QED) is 0.340. The Morgan fingerprint density at radius 2 is 1.97 bits per heavy atom. The number of rotatable bonds is 8. The van der Waals surface area contributed by atoms with Crippen molar-refractivity contribution in [3.63, 3.8) is 0 Å². The SMILES string of the molecule is C=C(NCC1CCCN1CC)NC(N=C(C)C)=NC1CCCOC1.CCCc1ccc(C)cc1F.CN. The molecule has 8 heteroatoms. The summed E-state index contributed by atoms with van der Waals surface area (Å²) >= 11 is 0. The molecule has 1 aromatic rings. The lowest BCUT2D eigenvalue weighted by molar-refractivity contribution is 0.0827. The van der Waals surface area contributed by atoms with E-state index in [1.165, 1.54) is 26.4 Å². The van der Waals surface area contributed by atoms with Crippen LogP contribution in [0.4, 0.5) is 4.39 Å². The van der Waals surface area contributed by atoms with Crippen LogP contribution < -0.4 is 16.4 Å². The fourth-order valence-corrected chi connectivity index (χ4v) is 4.39. The van der Waals surface area contributed by atoms with E-state index in [0.29, 0.717) is 18.6 Å². The summed E-state index contributed by atoms with van der Waals surface area (Å²) in [7, 11) is 1.50. The van der Waals surface area contributed by atoms with Crippen molar-refractivity contribution >= 4 is 11.7 Å². The van der Waals surface area contributed by atoms with Gasteiger partial charge in [-0.25, -0.2) is 14.4 Å². The van der Waals surface area contributed by atoms with Gasteiger partial charge in [0.25, 0.3) is 0 Å². The van der Waals surface area contributed by atoms with Gasteiger partial charge >= 0.3 is 0 Å². The molecule has 7 nitrogen and oxygen atoms in total. The van der Waals surface area contributed by atoms with Gasteiger partial charge in [-0.3, -0.25) is 4.90 Å². The molecule has 210 valence electrons. The number of halogens is 1. The zero-order valence-electron chi connectivity index (χ0n) is 24.1. The lowest BCUT2D eigenvalue weighted by Crippen LogP contribution is -2.40. The minimum atomic E-state index is -0.0631. The van der Waals surface area contributed by atoms with Gasteiger partial charge in [-0.1, -0.05) is 39.0 Å². The van der Waals surface area contributed by atoms with Gasteiger partial charge in [0.2, 0.25) is 5.96 Å². The second-order valence-corrected chi connectivity index (χ2v) is 9.64. The molecule has 37 heavy (non-hydrogen) atoms. The van der Waals surface area contributed by atoms with Gasteiger partial charge in [-0.2, -0.15) is 0 Å². The summed E-state index contributed by atoms with van der Waals surface area (Å²) in [6, 6.07) is 6.19. The molecule has 1 aromatic carbocycles. The van der Waals surface area contributed by atoms with Crippen molar-refractivity contribution in [3.05, 3.63) is 47.5 Å². The van der Waals surface area contributed by atoms with Crippen molar-refractivity contribution in [3.8, 4) is 0 Å². The van der Waals surface area contributed by atoms with Crippen molar-refractivity contribution in [1.82, 2.24) is 15.5 Å². The smallest absolute Gasteiger partial charge is 0.223 e. The molecule has 2 saturated heterocycles. The first-order valence-corrected chi connectivity index (χ1v) is 13.8.